The molecule has 3 heterocycles. The Hall–Kier alpha value is -0.600. The monoisotopic (exact) mass is 488 g/mol. The van der Waals surface area contributed by atoms with Crippen LogP contribution in [0.5, 0.6) is 0 Å². The van der Waals surface area contributed by atoms with E-state index in [9.17, 15) is 51.1 Å². The molecule has 15 heteroatoms. The van der Waals surface area contributed by atoms with Gasteiger partial charge in [-0.3, -0.25) is 0 Å². The Balaban J connectivity index is 1.77. The average Bonchev–Trinajstić information content (AvgIpc) is 2.79. The van der Waals surface area contributed by atoms with E-state index in [0.717, 1.165) is 0 Å². The number of rotatable bonds is 6. The van der Waals surface area contributed by atoms with Crippen LogP contribution in [-0.2, 0) is 23.7 Å². The first-order valence-electron chi connectivity index (χ1n) is 10.4. The number of aliphatic hydroxyl groups is 10. The summed E-state index contributed by atoms with van der Waals surface area (Å²) in [5.74, 6) is 0. The third-order valence-electron chi connectivity index (χ3n) is 6.05. The molecule has 15 atom stereocenters. The molecule has 0 radical (unpaired) electrons. The molecule has 3 rings (SSSR count). The Morgan fingerprint density at radius 1 is 0.545 bits per heavy atom. The molecule has 3 aliphatic rings. The summed E-state index contributed by atoms with van der Waals surface area (Å²) in [5.41, 5.74) is 0. The second kappa shape index (κ2) is 11.0. The van der Waals surface area contributed by atoms with Gasteiger partial charge in [-0.2, -0.15) is 0 Å². The van der Waals surface area contributed by atoms with Gasteiger partial charge in [0, 0.05) is 0 Å². The second-order valence-corrected chi connectivity index (χ2v) is 8.32. The average molecular weight is 488 g/mol. The van der Waals surface area contributed by atoms with Crippen molar-refractivity contribution < 1.29 is 74.7 Å². The lowest BCUT2D eigenvalue weighted by Gasteiger charge is -2.47. The Kier molecular flexibility index (Phi) is 8.99. The third-order valence-corrected chi connectivity index (χ3v) is 6.05. The zero-order valence-electron chi connectivity index (χ0n) is 17.6. The van der Waals surface area contributed by atoms with Crippen LogP contribution >= 0.6 is 0 Å². The Morgan fingerprint density at radius 3 is 1.58 bits per heavy atom. The van der Waals surface area contributed by atoms with Gasteiger partial charge in [-0.15, -0.1) is 0 Å². The van der Waals surface area contributed by atoms with Gasteiger partial charge in [-0.05, 0) is 6.92 Å². The minimum atomic E-state index is -1.86. The highest BCUT2D eigenvalue weighted by Crippen LogP contribution is 2.32. The fourth-order valence-electron chi connectivity index (χ4n) is 3.99. The molecule has 3 aliphatic heterocycles. The van der Waals surface area contributed by atoms with Gasteiger partial charge in [0.05, 0.1) is 19.3 Å². The van der Waals surface area contributed by atoms with Gasteiger partial charge in [0.1, 0.15) is 67.1 Å². The van der Waals surface area contributed by atoms with Crippen molar-refractivity contribution in [2.45, 2.75) is 99.0 Å². The summed E-state index contributed by atoms with van der Waals surface area (Å²) in [6.45, 7) is -0.117. The van der Waals surface area contributed by atoms with E-state index in [1.54, 1.807) is 0 Å². The Morgan fingerprint density at radius 2 is 1.03 bits per heavy atom. The molecule has 0 aromatic heterocycles. The molecule has 3 saturated heterocycles. The lowest BCUT2D eigenvalue weighted by molar-refractivity contribution is -0.378. The number of aliphatic hydroxyl groups excluding tert-OH is 10. The maximum atomic E-state index is 10.7. The highest BCUT2D eigenvalue weighted by molar-refractivity contribution is 4.95. The molecule has 194 valence electrons. The van der Waals surface area contributed by atoms with Gasteiger partial charge >= 0.3 is 0 Å². The zero-order valence-corrected chi connectivity index (χ0v) is 17.6. The van der Waals surface area contributed by atoms with Crippen LogP contribution in [0.3, 0.4) is 0 Å². The third kappa shape index (κ3) is 5.32. The first-order valence-corrected chi connectivity index (χ1v) is 10.4. The smallest absolute Gasteiger partial charge is 0.187 e. The maximum Gasteiger partial charge on any atom is 0.187 e. The SMILES string of the molecule is C[C@@H]1O[C@H](O)[C@@H](O)[C@H](O[C@H]2O[C@H](CO)[C@@H](O)[C@H](O[C@@H]3O[C@H](CO)[C@@H](O)[C@H](O)[C@@H]3O)[C@@H]2O)[C@@H]1O. The standard InChI is InChI=1S/C18H32O15/c1-4-7(21)14(12(26)16(28)29-4)32-18-13(27)15(9(23)6(3-20)31-18)33-17-11(25)10(24)8(22)5(2-19)30-17/h4-28H,2-3H2,1H3/t4-,5+,6+,7+,8+,9+,10-,11-,12-,13-,14+,15-,16-,17-,18+/m0/s1. The van der Waals surface area contributed by atoms with E-state index in [1.807, 2.05) is 0 Å². The maximum absolute atomic E-state index is 10.7. The molecule has 0 amide bonds. The fraction of sp³-hybridized carbons (Fsp3) is 1.00. The highest BCUT2D eigenvalue weighted by Gasteiger charge is 2.53. The van der Waals surface area contributed by atoms with E-state index in [4.69, 9.17) is 23.7 Å². The van der Waals surface area contributed by atoms with Crippen LogP contribution in [0.1, 0.15) is 6.92 Å². The van der Waals surface area contributed by atoms with Crippen molar-refractivity contribution in [1.29, 1.82) is 0 Å². The lowest BCUT2D eigenvalue weighted by Crippen LogP contribution is -2.66. The van der Waals surface area contributed by atoms with Crippen LogP contribution in [0, 0.1) is 0 Å². The van der Waals surface area contributed by atoms with E-state index < -0.39 is 105 Å². The van der Waals surface area contributed by atoms with Crippen LogP contribution in [0.25, 0.3) is 0 Å². The Bertz CT molecular complexity index is 610. The van der Waals surface area contributed by atoms with E-state index in [2.05, 4.69) is 0 Å². The van der Waals surface area contributed by atoms with Crippen molar-refractivity contribution in [3.05, 3.63) is 0 Å². The van der Waals surface area contributed by atoms with Crippen molar-refractivity contribution in [3.63, 3.8) is 0 Å². The number of hydrogen-bond donors (Lipinski definition) is 10. The summed E-state index contributed by atoms with van der Waals surface area (Å²) in [6, 6.07) is 0. The van der Waals surface area contributed by atoms with Gasteiger partial charge in [0.25, 0.3) is 0 Å². The van der Waals surface area contributed by atoms with E-state index in [0.29, 0.717) is 0 Å². The van der Waals surface area contributed by atoms with Crippen molar-refractivity contribution in [3.8, 4) is 0 Å². The Labute approximate surface area is 187 Å². The molecule has 0 aromatic rings. The molecule has 0 unspecified atom stereocenters. The molecule has 33 heavy (non-hydrogen) atoms. The molecule has 0 aliphatic carbocycles. The van der Waals surface area contributed by atoms with Gasteiger partial charge in [-0.25, -0.2) is 0 Å². The van der Waals surface area contributed by atoms with Crippen LogP contribution in [-0.4, -0.2) is 156 Å². The lowest BCUT2D eigenvalue weighted by atomic mass is 9.96. The van der Waals surface area contributed by atoms with Crippen molar-refractivity contribution >= 4 is 0 Å². The van der Waals surface area contributed by atoms with Crippen LogP contribution < -0.4 is 0 Å². The summed E-state index contributed by atoms with van der Waals surface area (Å²) in [7, 11) is 0. The summed E-state index contributed by atoms with van der Waals surface area (Å²) < 4.78 is 26.4. The van der Waals surface area contributed by atoms with Gasteiger partial charge in [0.2, 0.25) is 0 Å². The van der Waals surface area contributed by atoms with Gasteiger partial charge in [0.15, 0.2) is 18.9 Å². The molecule has 10 N–H and O–H groups in total. The summed E-state index contributed by atoms with van der Waals surface area (Å²) in [4.78, 5) is 0. The first-order chi connectivity index (χ1) is 15.5. The molecule has 0 saturated carbocycles. The molecule has 0 spiro atoms. The fourth-order valence-corrected chi connectivity index (χ4v) is 3.99. The van der Waals surface area contributed by atoms with Gasteiger partial charge < -0.3 is 74.7 Å². The molecular weight excluding hydrogens is 456 g/mol. The molecular formula is C18H32O15. The summed E-state index contributed by atoms with van der Waals surface area (Å²) >= 11 is 0. The van der Waals surface area contributed by atoms with E-state index in [1.165, 1.54) is 6.92 Å². The summed E-state index contributed by atoms with van der Waals surface area (Å²) in [5, 5.41) is 100. The van der Waals surface area contributed by atoms with Crippen molar-refractivity contribution in [2.24, 2.45) is 0 Å². The topological polar surface area (TPSA) is 248 Å². The van der Waals surface area contributed by atoms with Crippen molar-refractivity contribution in [2.75, 3.05) is 13.2 Å². The van der Waals surface area contributed by atoms with Crippen LogP contribution in [0.4, 0.5) is 0 Å². The van der Waals surface area contributed by atoms with E-state index in [-0.39, 0.29) is 0 Å². The van der Waals surface area contributed by atoms with Gasteiger partial charge in [-0.1, -0.05) is 0 Å². The second-order valence-electron chi connectivity index (χ2n) is 8.32. The largest absolute Gasteiger partial charge is 0.394 e. The van der Waals surface area contributed by atoms with Crippen LogP contribution in [0.15, 0.2) is 0 Å². The highest BCUT2D eigenvalue weighted by atomic mass is 16.7. The number of hydrogen-bond acceptors (Lipinski definition) is 15. The van der Waals surface area contributed by atoms with E-state index >= 15 is 0 Å². The minimum absolute atomic E-state index is 0.741. The minimum Gasteiger partial charge on any atom is -0.394 e. The quantitative estimate of drug-likeness (QED) is 0.167. The van der Waals surface area contributed by atoms with Crippen LogP contribution in [0.2, 0.25) is 0 Å². The van der Waals surface area contributed by atoms with Crippen molar-refractivity contribution in [1.82, 2.24) is 0 Å². The predicted octanol–water partition coefficient (Wildman–Crippen LogP) is -6.55. The zero-order chi connectivity index (χ0) is 24.6. The normalized spacial score (nSPS) is 53.7. The molecule has 15 nitrogen and oxygen atoms in total. The molecule has 0 aromatic carbocycles. The summed E-state index contributed by atoms with van der Waals surface area (Å²) in [6.07, 6.45) is -24.1. The molecule has 0 bridgehead atoms. The molecule has 3 fully saturated rings. The first kappa shape index (κ1) is 27.0. The predicted molar refractivity (Wildman–Crippen MR) is 99.8 cm³/mol. The number of ether oxygens (including phenoxy) is 5.